The van der Waals surface area contributed by atoms with E-state index in [0.29, 0.717) is 12.2 Å². The minimum absolute atomic E-state index is 0.0844. The second-order valence-electron chi connectivity index (χ2n) is 7.56. The van der Waals surface area contributed by atoms with Gasteiger partial charge in [-0.3, -0.25) is 10.00 Å². The number of hydrogen-bond acceptors (Lipinski definition) is 5. The van der Waals surface area contributed by atoms with Crippen LogP contribution in [-0.2, 0) is 10.2 Å². The molecule has 0 saturated carbocycles. The number of nitrogens with one attached hydrogen (secondary N) is 1. The van der Waals surface area contributed by atoms with Gasteiger partial charge in [0.15, 0.2) is 11.6 Å². The molecule has 0 amide bonds. The third kappa shape index (κ3) is 3.89. The molecule has 0 radical (unpaired) electrons. The van der Waals surface area contributed by atoms with Gasteiger partial charge < -0.3 is 4.74 Å². The molecule has 3 rings (SSSR count). The lowest BCUT2D eigenvalue weighted by Crippen LogP contribution is -2.40. The van der Waals surface area contributed by atoms with Crippen molar-refractivity contribution in [3.05, 3.63) is 47.0 Å². The highest BCUT2D eigenvalue weighted by molar-refractivity contribution is 5.32. The van der Waals surface area contributed by atoms with Crippen LogP contribution >= 0.6 is 0 Å². The first-order valence-electron chi connectivity index (χ1n) is 8.67. The Kier molecular flexibility index (Phi) is 4.89. The summed E-state index contributed by atoms with van der Waals surface area (Å²) in [4.78, 5) is 7.02. The number of rotatable bonds is 3. The lowest BCUT2D eigenvalue weighted by molar-refractivity contribution is -0.0470. The van der Waals surface area contributed by atoms with E-state index in [2.05, 4.69) is 53.8 Å². The second kappa shape index (κ2) is 6.95. The lowest BCUT2D eigenvalue weighted by Gasteiger charge is -2.36. The van der Waals surface area contributed by atoms with Gasteiger partial charge in [-0.2, -0.15) is 10.4 Å². The Balaban J connectivity index is 1.72. The van der Waals surface area contributed by atoms with Crippen LogP contribution in [0.25, 0.3) is 0 Å². The van der Waals surface area contributed by atoms with Crippen LogP contribution in [0.2, 0.25) is 0 Å². The summed E-state index contributed by atoms with van der Waals surface area (Å²) in [6, 6.07) is 10.2. The topological polar surface area (TPSA) is 77.8 Å². The molecule has 0 bridgehead atoms. The van der Waals surface area contributed by atoms with E-state index >= 15 is 0 Å². The van der Waals surface area contributed by atoms with Gasteiger partial charge in [-0.25, -0.2) is 4.98 Å². The number of nitrogens with zero attached hydrogens (tertiary/aromatic N) is 4. The zero-order valence-electron chi connectivity index (χ0n) is 15.3. The standard InChI is InChI=1S/C19H25N5O/c1-13(15-7-5-14(11-20)6-8-15)24-9-10-25-16(12-24)17-21-18(23-22-17)19(2,3)4/h5-8,13,16H,9-10,12H2,1-4H3,(H,21,22,23)/t13-,16-/m0/s1. The molecule has 2 atom stereocenters. The largest absolute Gasteiger partial charge is 0.368 e. The molecule has 132 valence electrons. The van der Waals surface area contributed by atoms with Crippen LogP contribution in [0.1, 0.15) is 62.6 Å². The molecule has 0 unspecified atom stereocenters. The number of aromatic amines is 1. The fourth-order valence-electron chi connectivity index (χ4n) is 2.99. The average molecular weight is 339 g/mol. The van der Waals surface area contributed by atoms with Crippen molar-refractivity contribution in [3.8, 4) is 6.07 Å². The van der Waals surface area contributed by atoms with Crippen molar-refractivity contribution < 1.29 is 4.74 Å². The van der Waals surface area contributed by atoms with E-state index in [1.165, 1.54) is 5.56 Å². The van der Waals surface area contributed by atoms with Crippen molar-refractivity contribution in [2.45, 2.75) is 45.3 Å². The van der Waals surface area contributed by atoms with Crippen LogP contribution in [0, 0.1) is 11.3 Å². The maximum Gasteiger partial charge on any atom is 0.156 e. The van der Waals surface area contributed by atoms with Crippen LogP contribution in [0.4, 0.5) is 0 Å². The van der Waals surface area contributed by atoms with Crippen molar-refractivity contribution in [3.63, 3.8) is 0 Å². The van der Waals surface area contributed by atoms with E-state index in [0.717, 1.165) is 24.7 Å². The van der Waals surface area contributed by atoms with E-state index in [1.54, 1.807) is 0 Å². The molecule has 0 aliphatic carbocycles. The maximum atomic E-state index is 8.94. The normalized spacial score (nSPS) is 20.2. The number of aromatic nitrogens is 3. The van der Waals surface area contributed by atoms with Crippen LogP contribution in [0.3, 0.4) is 0 Å². The third-order valence-electron chi connectivity index (χ3n) is 4.65. The second-order valence-corrected chi connectivity index (χ2v) is 7.56. The fraction of sp³-hybridized carbons (Fsp3) is 0.526. The summed E-state index contributed by atoms with van der Waals surface area (Å²) in [5, 5.41) is 16.3. The van der Waals surface area contributed by atoms with Gasteiger partial charge in [0.05, 0.1) is 18.2 Å². The smallest absolute Gasteiger partial charge is 0.156 e. The van der Waals surface area contributed by atoms with Gasteiger partial charge in [-0.05, 0) is 24.6 Å². The van der Waals surface area contributed by atoms with E-state index in [-0.39, 0.29) is 17.6 Å². The van der Waals surface area contributed by atoms with E-state index in [9.17, 15) is 0 Å². The maximum absolute atomic E-state index is 8.94. The van der Waals surface area contributed by atoms with Crippen molar-refractivity contribution in [1.29, 1.82) is 5.26 Å². The summed E-state index contributed by atoms with van der Waals surface area (Å²) in [5.41, 5.74) is 1.80. The van der Waals surface area contributed by atoms with E-state index in [4.69, 9.17) is 10.00 Å². The number of morpholine rings is 1. The average Bonchev–Trinajstić information content (AvgIpc) is 3.12. The summed E-state index contributed by atoms with van der Waals surface area (Å²) in [6.45, 7) is 10.8. The van der Waals surface area contributed by atoms with Crippen molar-refractivity contribution in [2.75, 3.05) is 19.7 Å². The van der Waals surface area contributed by atoms with Gasteiger partial charge in [0.25, 0.3) is 0 Å². The van der Waals surface area contributed by atoms with Gasteiger partial charge in [-0.1, -0.05) is 32.9 Å². The number of nitriles is 1. The molecule has 1 N–H and O–H groups in total. The predicted octanol–water partition coefficient (Wildman–Crippen LogP) is 3.11. The molecule has 1 aromatic carbocycles. The molecule has 1 aliphatic rings. The Bertz CT molecular complexity index is 753. The van der Waals surface area contributed by atoms with Gasteiger partial charge in [-0.15, -0.1) is 0 Å². The number of hydrogen-bond donors (Lipinski definition) is 1. The van der Waals surface area contributed by atoms with E-state index in [1.807, 2.05) is 24.3 Å². The first-order chi connectivity index (χ1) is 11.9. The molecule has 1 aliphatic heterocycles. The Morgan fingerprint density at radius 1 is 1.32 bits per heavy atom. The molecule has 2 aromatic rings. The minimum atomic E-state index is -0.0989. The van der Waals surface area contributed by atoms with Gasteiger partial charge >= 0.3 is 0 Å². The zero-order chi connectivity index (χ0) is 18.0. The summed E-state index contributed by atoms with van der Waals surface area (Å²) in [7, 11) is 0. The van der Waals surface area contributed by atoms with Crippen molar-refractivity contribution in [1.82, 2.24) is 20.1 Å². The summed E-state index contributed by atoms with van der Waals surface area (Å²) in [5.74, 6) is 1.60. The Labute approximate surface area is 148 Å². The molecular weight excluding hydrogens is 314 g/mol. The van der Waals surface area contributed by atoms with Crippen LogP contribution in [0.15, 0.2) is 24.3 Å². The first kappa shape index (κ1) is 17.6. The molecule has 6 nitrogen and oxygen atoms in total. The molecule has 0 spiro atoms. The highest BCUT2D eigenvalue weighted by Crippen LogP contribution is 2.28. The molecule has 1 fully saturated rings. The minimum Gasteiger partial charge on any atom is -0.368 e. The quantitative estimate of drug-likeness (QED) is 0.929. The molecule has 1 aromatic heterocycles. The van der Waals surface area contributed by atoms with Gasteiger partial charge in [0, 0.05) is 24.5 Å². The molecule has 1 saturated heterocycles. The van der Waals surface area contributed by atoms with Crippen molar-refractivity contribution in [2.24, 2.45) is 0 Å². The van der Waals surface area contributed by atoms with Crippen LogP contribution in [-0.4, -0.2) is 39.8 Å². The summed E-state index contributed by atoms with van der Waals surface area (Å²) < 4.78 is 5.92. The number of ether oxygens (including phenoxy) is 1. The molecule has 6 heteroatoms. The number of benzene rings is 1. The Hall–Kier alpha value is -2.23. The summed E-state index contributed by atoms with van der Waals surface area (Å²) >= 11 is 0. The Morgan fingerprint density at radius 3 is 2.64 bits per heavy atom. The Morgan fingerprint density at radius 2 is 2.04 bits per heavy atom. The van der Waals surface area contributed by atoms with E-state index < -0.39 is 0 Å². The highest BCUT2D eigenvalue weighted by atomic mass is 16.5. The molecule has 2 heterocycles. The monoisotopic (exact) mass is 339 g/mol. The number of H-pyrrole nitrogens is 1. The van der Waals surface area contributed by atoms with Crippen LogP contribution < -0.4 is 0 Å². The molecule has 25 heavy (non-hydrogen) atoms. The highest BCUT2D eigenvalue weighted by Gasteiger charge is 2.29. The zero-order valence-corrected chi connectivity index (χ0v) is 15.3. The third-order valence-corrected chi connectivity index (χ3v) is 4.65. The SMILES string of the molecule is C[C@@H](c1ccc(C#N)cc1)N1CCO[C@H](c2nc(C(C)(C)C)n[nH]2)C1. The van der Waals surface area contributed by atoms with Gasteiger partial charge in [0.2, 0.25) is 0 Å². The first-order valence-corrected chi connectivity index (χ1v) is 8.67. The predicted molar refractivity (Wildman–Crippen MR) is 94.9 cm³/mol. The fourth-order valence-corrected chi connectivity index (χ4v) is 2.99. The van der Waals surface area contributed by atoms with Crippen molar-refractivity contribution >= 4 is 0 Å². The molecular formula is C19H25N5O. The summed E-state index contributed by atoms with van der Waals surface area (Å²) in [6.07, 6.45) is -0.0989. The van der Waals surface area contributed by atoms with Crippen LogP contribution in [0.5, 0.6) is 0 Å². The van der Waals surface area contributed by atoms with Gasteiger partial charge in [0.1, 0.15) is 6.10 Å². The lowest BCUT2D eigenvalue weighted by atomic mass is 9.96.